The highest BCUT2D eigenvalue weighted by molar-refractivity contribution is 7.14. The van der Waals surface area contributed by atoms with Crippen molar-refractivity contribution in [3.05, 3.63) is 21.4 Å². The van der Waals surface area contributed by atoms with E-state index in [2.05, 4.69) is 17.2 Å². The van der Waals surface area contributed by atoms with Crippen molar-refractivity contribution in [1.82, 2.24) is 5.32 Å². The van der Waals surface area contributed by atoms with Crippen molar-refractivity contribution in [2.45, 2.75) is 33.2 Å². The van der Waals surface area contributed by atoms with E-state index in [1.165, 1.54) is 11.3 Å². The fourth-order valence-electron chi connectivity index (χ4n) is 1.55. The molecule has 1 aromatic rings. The lowest BCUT2D eigenvalue weighted by Crippen LogP contribution is -2.35. The quantitative estimate of drug-likeness (QED) is 0.789. The first-order valence-electron chi connectivity index (χ1n) is 6.67. The molecule has 0 bridgehead atoms. The Bertz CT molecular complexity index is 499. The van der Waals surface area contributed by atoms with Crippen LogP contribution in [0.3, 0.4) is 0 Å². The summed E-state index contributed by atoms with van der Waals surface area (Å²) in [5.74, 6) is 5.76. The molecule has 1 amide bonds. The summed E-state index contributed by atoms with van der Waals surface area (Å²) in [4.78, 5) is 13.6. The Hall–Kier alpha value is -1.35. The first-order valence-corrected chi connectivity index (χ1v) is 7.48. The summed E-state index contributed by atoms with van der Waals surface area (Å²) >= 11 is 1.38. The Morgan fingerprint density at radius 1 is 1.60 bits per heavy atom. The molecular formula is C15H21NO3S. The lowest BCUT2D eigenvalue weighted by Gasteiger charge is -2.12. The van der Waals surface area contributed by atoms with Gasteiger partial charge in [0.05, 0.1) is 23.0 Å². The van der Waals surface area contributed by atoms with Gasteiger partial charge in [-0.15, -0.1) is 11.3 Å². The van der Waals surface area contributed by atoms with Gasteiger partial charge >= 0.3 is 0 Å². The molecule has 0 aliphatic carbocycles. The molecule has 0 aliphatic heterocycles. The number of hydrogen-bond acceptors (Lipinski definition) is 4. The van der Waals surface area contributed by atoms with Crippen molar-refractivity contribution in [1.29, 1.82) is 0 Å². The molecule has 1 atom stereocenters. The molecule has 0 radical (unpaired) electrons. The van der Waals surface area contributed by atoms with Crippen molar-refractivity contribution >= 4 is 17.2 Å². The number of aliphatic hydroxyl groups excluding tert-OH is 1. The molecule has 0 fully saturated rings. The Kier molecular flexibility index (Phi) is 7.31. The zero-order valence-electron chi connectivity index (χ0n) is 12.2. The van der Waals surface area contributed by atoms with Gasteiger partial charge in [-0.3, -0.25) is 4.79 Å². The minimum atomic E-state index is -0.0967. The second kappa shape index (κ2) is 8.75. The molecule has 0 aromatic carbocycles. The number of ether oxygens (including phenoxy) is 1. The largest absolute Gasteiger partial charge is 0.395 e. The maximum Gasteiger partial charge on any atom is 0.261 e. The van der Waals surface area contributed by atoms with Gasteiger partial charge in [0.15, 0.2) is 0 Å². The van der Waals surface area contributed by atoms with Gasteiger partial charge in [0.1, 0.15) is 0 Å². The number of carbonyl (C=O) groups excluding carboxylic acids is 1. The van der Waals surface area contributed by atoms with E-state index >= 15 is 0 Å². The van der Waals surface area contributed by atoms with Gasteiger partial charge in [0.2, 0.25) is 0 Å². The highest BCUT2D eigenvalue weighted by Gasteiger charge is 2.13. The number of aliphatic hydroxyl groups is 1. The van der Waals surface area contributed by atoms with Crippen LogP contribution in [0.4, 0.5) is 0 Å². The standard InChI is InChI=1S/C15H21NO3S/c1-4-19-10-12(3)16-15(18)14-9-11(2)13(20-14)7-5-6-8-17/h9,12,17H,4,6,8,10H2,1-3H3,(H,16,18). The van der Waals surface area contributed by atoms with E-state index in [9.17, 15) is 4.79 Å². The van der Waals surface area contributed by atoms with Gasteiger partial charge < -0.3 is 15.2 Å². The molecule has 1 rings (SSSR count). The third kappa shape index (κ3) is 5.33. The molecule has 20 heavy (non-hydrogen) atoms. The number of thiophene rings is 1. The SMILES string of the molecule is CCOCC(C)NC(=O)c1cc(C)c(C#CCCO)s1. The lowest BCUT2D eigenvalue weighted by molar-refractivity contribution is 0.0875. The first kappa shape index (κ1) is 16.7. The van der Waals surface area contributed by atoms with Crippen molar-refractivity contribution in [3.63, 3.8) is 0 Å². The van der Waals surface area contributed by atoms with E-state index in [0.717, 1.165) is 10.4 Å². The van der Waals surface area contributed by atoms with E-state index in [-0.39, 0.29) is 18.6 Å². The Morgan fingerprint density at radius 3 is 3.00 bits per heavy atom. The molecule has 0 aliphatic rings. The van der Waals surface area contributed by atoms with Crippen LogP contribution in [0.2, 0.25) is 0 Å². The van der Waals surface area contributed by atoms with E-state index in [4.69, 9.17) is 9.84 Å². The summed E-state index contributed by atoms with van der Waals surface area (Å²) in [5.41, 5.74) is 0.989. The molecule has 0 saturated carbocycles. The number of amides is 1. The zero-order valence-corrected chi connectivity index (χ0v) is 13.0. The van der Waals surface area contributed by atoms with Crippen LogP contribution in [0, 0.1) is 18.8 Å². The van der Waals surface area contributed by atoms with Crippen molar-refractivity contribution in [3.8, 4) is 11.8 Å². The second-order valence-corrected chi connectivity index (χ2v) is 5.48. The minimum absolute atomic E-state index is 0.0196. The molecule has 2 N–H and O–H groups in total. The van der Waals surface area contributed by atoms with E-state index in [1.807, 2.05) is 26.8 Å². The summed E-state index contributed by atoms with van der Waals surface area (Å²) in [5, 5.41) is 11.6. The summed E-state index contributed by atoms with van der Waals surface area (Å²) in [6, 6.07) is 1.82. The zero-order chi connectivity index (χ0) is 15.0. The monoisotopic (exact) mass is 295 g/mol. The molecule has 0 saturated heterocycles. The van der Waals surface area contributed by atoms with Crippen molar-refractivity contribution in [2.75, 3.05) is 19.8 Å². The van der Waals surface area contributed by atoms with Crippen LogP contribution in [-0.4, -0.2) is 36.9 Å². The average molecular weight is 295 g/mol. The number of carbonyl (C=O) groups is 1. The molecule has 1 heterocycles. The summed E-state index contributed by atoms with van der Waals surface area (Å²) in [6.45, 7) is 6.97. The van der Waals surface area contributed by atoms with Crippen LogP contribution in [0.15, 0.2) is 6.07 Å². The Balaban J connectivity index is 2.66. The molecule has 4 nitrogen and oxygen atoms in total. The smallest absolute Gasteiger partial charge is 0.261 e. The Labute approximate surface area is 124 Å². The van der Waals surface area contributed by atoms with Crippen LogP contribution >= 0.6 is 11.3 Å². The second-order valence-electron chi connectivity index (χ2n) is 4.43. The Morgan fingerprint density at radius 2 is 2.35 bits per heavy atom. The predicted molar refractivity (Wildman–Crippen MR) is 81.1 cm³/mol. The van der Waals surface area contributed by atoms with Gasteiger partial charge in [-0.2, -0.15) is 0 Å². The first-order chi connectivity index (χ1) is 9.58. The third-order valence-corrected chi connectivity index (χ3v) is 3.68. The van der Waals surface area contributed by atoms with Crippen LogP contribution < -0.4 is 5.32 Å². The number of nitrogens with one attached hydrogen (secondary N) is 1. The predicted octanol–water partition coefficient (Wildman–Crippen LogP) is 1.95. The fourth-order valence-corrected chi connectivity index (χ4v) is 2.50. The van der Waals surface area contributed by atoms with Gasteiger partial charge in [0.25, 0.3) is 5.91 Å². The highest BCUT2D eigenvalue weighted by Crippen LogP contribution is 2.21. The van der Waals surface area contributed by atoms with Crippen LogP contribution in [-0.2, 0) is 4.74 Å². The minimum Gasteiger partial charge on any atom is -0.395 e. The topological polar surface area (TPSA) is 58.6 Å². The molecule has 1 aromatic heterocycles. The third-order valence-electron chi connectivity index (χ3n) is 2.53. The number of rotatable bonds is 6. The normalized spacial score (nSPS) is 11.6. The summed E-state index contributed by atoms with van der Waals surface area (Å²) in [6.07, 6.45) is 0.449. The van der Waals surface area contributed by atoms with Crippen molar-refractivity contribution in [2.24, 2.45) is 0 Å². The average Bonchev–Trinajstić information content (AvgIpc) is 2.78. The highest BCUT2D eigenvalue weighted by atomic mass is 32.1. The molecular weight excluding hydrogens is 274 g/mol. The van der Waals surface area contributed by atoms with Crippen LogP contribution in [0.5, 0.6) is 0 Å². The van der Waals surface area contributed by atoms with Crippen molar-refractivity contribution < 1.29 is 14.6 Å². The summed E-state index contributed by atoms with van der Waals surface area (Å²) in [7, 11) is 0. The van der Waals surface area contributed by atoms with E-state index in [1.54, 1.807) is 0 Å². The maximum absolute atomic E-state index is 12.1. The lowest BCUT2D eigenvalue weighted by atomic mass is 10.2. The number of hydrogen-bond donors (Lipinski definition) is 2. The molecule has 0 spiro atoms. The number of aryl methyl sites for hydroxylation is 1. The maximum atomic E-state index is 12.1. The van der Waals surface area contributed by atoms with Gasteiger partial charge in [-0.25, -0.2) is 0 Å². The summed E-state index contributed by atoms with van der Waals surface area (Å²) < 4.78 is 5.27. The van der Waals surface area contributed by atoms with Gasteiger partial charge in [-0.05, 0) is 32.4 Å². The van der Waals surface area contributed by atoms with Crippen LogP contribution in [0.1, 0.15) is 40.4 Å². The molecule has 5 heteroatoms. The van der Waals surface area contributed by atoms with Crippen LogP contribution in [0.25, 0.3) is 0 Å². The van der Waals surface area contributed by atoms with E-state index in [0.29, 0.717) is 24.5 Å². The van der Waals surface area contributed by atoms with Gasteiger partial charge in [0, 0.05) is 19.1 Å². The molecule has 110 valence electrons. The fraction of sp³-hybridized carbons (Fsp3) is 0.533. The van der Waals surface area contributed by atoms with Gasteiger partial charge in [-0.1, -0.05) is 11.8 Å². The molecule has 1 unspecified atom stereocenters. The van der Waals surface area contributed by atoms with E-state index < -0.39 is 0 Å².